The van der Waals surface area contributed by atoms with Gasteiger partial charge in [-0.25, -0.2) is 4.79 Å². The maximum atomic E-state index is 10.8. The van der Waals surface area contributed by atoms with Gasteiger partial charge in [-0.05, 0) is 26.0 Å². The fourth-order valence-electron chi connectivity index (χ4n) is 0.759. The van der Waals surface area contributed by atoms with Crippen LogP contribution in [0.15, 0.2) is 4.99 Å². The van der Waals surface area contributed by atoms with Crippen LogP contribution in [-0.4, -0.2) is 25.3 Å². The van der Waals surface area contributed by atoms with Crippen molar-refractivity contribution in [3.63, 3.8) is 0 Å². The molecule has 3 nitrogen and oxygen atoms in total. The van der Waals surface area contributed by atoms with Crippen LogP contribution in [0.25, 0.3) is 0 Å². The molecule has 0 spiro atoms. The molecule has 1 unspecified atom stereocenters. The first-order valence-corrected chi connectivity index (χ1v) is 4.31. The van der Waals surface area contributed by atoms with Crippen molar-refractivity contribution in [1.29, 1.82) is 0 Å². The van der Waals surface area contributed by atoms with Gasteiger partial charge in [0, 0.05) is 0 Å². The second kappa shape index (κ2) is 6.83. The van der Waals surface area contributed by atoms with Crippen molar-refractivity contribution >= 4 is 12.2 Å². The predicted octanol–water partition coefficient (Wildman–Crippen LogP) is 1.81. The molecule has 0 aromatic heterocycles. The molecule has 0 saturated heterocycles. The van der Waals surface area contributed by atoms with Crippen molar-refractivity contribution in [2.45, 2.75) is 39.2 Å². The zero-order chi connectivity index (χ0) is 9.40. The van der Waals surface area contributed by atoms with Crippen molar-refractivity contribution < 1.29 is 9.53 Å². The number of unbranched alkanes of at least 4 members (excludes halogenated alkanes) is 2. The Morgan fingerprint density at radius 1 is 1.67 bits per heavy atom. The summed E-state index contributed by atoms with van der Waals surface area (Å²) in [5.74, 6) is -0.275. The second-order valence-electron chi connectivity index (χ2n) is 2.67. The minimum absolute atomic E-state index is 0.275. The number of nitrogens with zero attached hydrogens (tertiary/aromatic N) is 1. The zero-order valence-electron chi connectivity index (χ0n) is 8.04. The number of carbonyl (C=O) groups is 1. The van der Waals surface area contributed by atoms with Crippen LogP contribution in [0, 0.1) is 0 Å². The summed E-state index contributed by atoms with van der Waals surface area (Å²) in [5.41, 5.74) is 0. The lowest BCUT2D eigenvalue weighted by atomic mass is 10.3. The summed E-state index contributed by atoms with van der Waals surface area (Å²) in [5, 5.41) is 0. The Bertz CT molecular complexity index is 155. The molecule has 0 aliphatic carbocycles. The molecule has 0 N–H and O–H groups in total. The van der Waals surface area contributed by atoms with Crippen LogP contribution < -0.4 is 0 Å². The SMILES string of the molecule is CCCCC=NC(C)C(=O)OC. The largest absolute Gasteiger partial charge is 0.467 e. The van der Waals surface area contributed by atoms with Crippen LogP contribution in [0.2, 0.25) is 0 Å². The topological polar surface area (TPSA) is 38.7 Å². The number of carbonyl (C=O) groups excluding carboxylic acids is 1. The molecule has 0 aliphatic heterocycles. The van der Waals surface area contributed by atoms with E-state index in [-0.39, 0.29) is 12.0 Å². The Morgan fingerprint density at radius 3 is 2.83 bits per heavy atom. The van der Waals surface area contributed by atoms with Crippen LogP contribution in [0.5, 0.6) is 0 Å². The number of ether oxygens (including phenoxy) is 1. The van der Waals surface area contributed by atoms with Crippen LogP contribution in [0.3, 0.4) is 0 Å². The molecule has 0 aromatic rings. The van der Waals surface area contributed by atoms with E-state index in [0.29, 0.717) is 0 Å². The summed E-state index contributed by atoms with van der Waals surface area (Å²) in [6, 6.07) is -0.355. The van der Waals surface area contributed by atoms with Gasteiger partial charge in [0.1, 0.15) is 6.04 Å². The number of hydrogen-bond acceptors (Lipinski definition) is 3. The van der Waals surface area contributed by atoms with Crippen molar-refractivity contribution in [2.75, 3.05) is 7.11 Å². The van der Waals surface area contributed by atoms with E-state index in [0.717, 1.165) is 19.3 Å². The molecule has 0 amide bonds. The molecule has 0 saturated carbocycles. The van der Waals surface area contributed by atoms with Crippen molar-refractivity contribution in [1.82, 2.24) is 0 Å². The molecule has 0 radical (unpaired) electrons. The normalized spacial score (nSPS) is 13.2. The maximum Gasteiger partial charge on any atom is 0.330 e. The van der Waals surface area contributed by atoms with Gasteiger partial charge in [-0.3, -0.25) is 4.99 Å². The summed E-state index contributed by atoms with van der Waals surface area (Å²) in [7, 11) is 1.38. The lowest BCUT2D eigenvalue weighted by molar-refractivity contribution is -0.141. The highest BCUT2D eigenvalue weighted by atomic mass is 16.5. The monoisotopic (exact) mass is 171 g/mol. The highest BCUT2D eigenvalue weighted by molar-refractivity contribution is 5.77. The van der Waals surface area contributed by atoms with Crippen molar-refractivity contribution in [3.8, 4) is 0 Å². The van der Waals surface area contributed by atoms with E-state index in [1.165, 1.54) is 7.11 Å². The van der Waals surface area contributed by atoms with E-state index in [9.17, 15) is 4.79 Å². The minimum atomic E-state index is -0.355. The zero-order valence-corrected chi connectivity index (χ0v) is 8.04. The molecule has 1 atom stereocenters. The maximum absolute atomic E-state index is 10.8. The fraction of sp³-hybridized carbons (Fsp3) is 0.778. The molecule has 12 heavy (non-hydrogen) atoms. The third-order valence-corrected chi connectivity index (χ3v) is 1.56. The standard InChI is InChI=1S/C9H17NO2/c1-4-5-6-7-10-8(2)9(11)12-3/h7-8H,4-6H2,1-3H3. The van der Waals surface area contributed by atoms with Crippen LogP contribution >= 0.6 is 0 Å². The predicted molar refractivity (Wildman–Crippen MR) is 49.5 cm³/mol. The molecule has 0 fully saturated rings. The van der Waals surface area contributed by atoms with E-state index in [4.69, 9.17) is 0 Å². The van der Waals surface area contributed by atoms with E-state index in [1.807, 2.05) is 0 Å². The number of rotatable bonds is 5. The minimum Gasteiger partial charge on any atom is -0.467 e. The lowest BCUT2D eigenvalue weighted by Crippen LogP contribution is -2.16. The Labute approximate surface area is 73.8 Å². The van der Waals surface area contributed by atoms with Gasteiger partial charge < -0.3 is 4.74 Å². The highest BCUT2D eigenvalue weighted by Gasteiger charge is 2.08. The number of aliphatic imine (C=N–C) groups is 1. The molecule has 0 aromatic carbocycles. The van der Waals surface area contributed by atoms with E-state index < -0.39 is 0 Å². The third-order valence-electron chi connectivity index (χ3n) is 1.56. The van der Waals surface area contributed by atoms with Crippen LogP contribution in [0.4, 0.5) is 0 Å². The molecular formula is C9H17NO2. The molecule has 70 valence electrons. The quantitative estimate of drug-likeness (QED) is 0.359. The van der Waals surface area contributed by atoms with Gasteiger partial charge in [0.15, 0.2) is 0 Å². The third kappa shape index (κ3) is 4.88. The Kier molecular flexibility index (Phi) is 6.34. The van der Waals surface area contributed by atoms with Crippen molar-refractivity contribution in [3.05, 3.63) is 0 Å². The number of methoxy groups -OCH3 is 1. The van der Waals surface area contributed by atoms with E-state index in [1.54, 1.807) is 13.1 Å². The number of hydrogen-bond donors (Lipinski definition) is 0. The molecule has 0 heterocycles. The Hall–Kier alpha value is -0.860. The average Bonchev–Trinajstić information content (AvgIpc) is 2.10. The number of esters is 1. The first-order valence-electron chi connectivity index (χ1n) is 4.31. The van der Waals surface area contributed by atoms with Gasteiger partial charge >= 0.3 is 5.97 Å². The smallest absolute Gasteiger partial charge is 0.330 e. The average molecular weight is 171 g/mol. The van der Waals surface area contributed by atoms with E-state index >= 15 is 0 Å². The lowest BCUT2D eigenvalue weighted by Gasteiger charge is -2.01. The second-order valence-corrected chi connectivity index (χ2v) is 2.67. The van der Waals surface area contributed by atoms with Gasteiger partial charge in [-0.15, -0.1) is 0 Å². The van der Waals surface area contributed by atoms with Gasteiger partial charge in [0.05, 0.1) is 7.11 Å². The van der Waals surface area contributed by atoms with Gasteiger partial charge in [-0.1, -0.05) is 13.3 Å². The summed E-state index contributed by atoms with van der Waals surface area (Å²) < 4.78 is 4.52. The summed E-state index contributed by atoms with van der Waals surface area (Å²) >= 11 is 0. The van der Waals surface area contributed by atoms with E-state index in [2.05, 4.69) is 16.7 Å². The molecule has 0 bridgehead atoms. The van der Waals surface area contributed by atoms with Crippen LogP contribution in [0.1, 0.15) is 33.1 Å². The Balaban J connectivity index is 3.60. The summed E-state index contributed by atoms with van der Waals surface area (Å²) in [6.07, 6.45) is 5.01. The highest BCUT2D eigenvalue weighted by Crippen LogP contribution is 1.94. The molecule has 0 rings (SSSR count). The fourth-order valence-corrected chi connectivity index (χ4v) is 0.759. The van der Waals surface area contributed by atoms with Gasteiger partial charge in [0.2, 0.25) is 0 Å². The molecule has 0 aliphatic rings. The van der Waals surface area contributed by atoms with Crippen LogP contribution in [-0.2, 0) is 9.53 Å². The molecule has 3 heteroatoms. The first kappa shape index (κ1) is 11.1. The van der Waals surface area contributed by atoms with Crippen molar-refractivity contribution in [2.24, 2.45) is 4.99 Å². The summed E-state index contributed by atoms with van der Waals surface area (Å²) in [4.78, 5) is 14.9. The first-order chi connectivity index (χ1) is 5.72. The van der Waals surface area contributed by atoms with Gasteiger partial charge in [-0.2, -0.15) is 0 Å². The Morgan fingerprint density at radius 2 is 2.33 bits per heavy atom. The molecular weight excluding hydrogens is 154 g/mol. The summed E-state index contributed by atoms with van der Waals surface area (Å²) in [6.45, 7) is 3.85. The van der Waals surface area contributed by atoms with Gasteiger partial charge in [0.25, 0.3) is 0 Å².